The fraction of sp³-hybridized carbons (Fsp3) is 0.357. The first-order valence-electron chi connectivity index (χ1n) is 6.21. The molecule has 2 aromatic rings. The summed E-state index contributed by atoms with van der Waals surface area (Å²) in [7, 11) is 3.98. The average Bonchev–Trinajstić information content (AvgIpc) is 2.74. The number of halogens is 1. The molecule has 0 saturated carbocycles. The summed E-state index contributed by atoms with van der Waals surface area (Å²) in [6, 6.07) is 5.94. The Hall–Kier alpha value is -1.52. The molecule has 19 heavy (non-hydrogen) atoms. The molecular formula is C14H19ClN4. The van der Waals surface area contributed by atoms with Crippen LogP contribution >= 0.6 is 11.6 Å². The molecule has 0 amide bonds. The summed E-state index contributed by atoms with van der Waals surface area (Å²) in [5.41, 5.74) is 7.87. The average molecular weight is 279 g/mol. The molecule has 5 heteroatoms. The largest absolute Gasteiger partial charge is 0.366 e. The number of aromatic nitrogens is 2. The SMILES string of the molecule is C[C@H](N)c1ccc(N(C)Cc2nccn2C)c(Cl)c1. The van der Waals surface area contributed by atoms with Gasteiger partial charge >= 0.3 is 0 Å². The molecule has 4 nitrogen and oxygen atoms in total. The Morgan fingerprint density at radius 1 is 1.47 bits per heavy atom. The van der Waals surface area contributed by atoms with E-state index in [2.05, 4.69) is 9.88 Å². The minimum Gasteiger partial charge on any atom is -0.366 e. The first kappa shape index (κ1) is 13.9. The summed E-state index contributed by atoms with van der Waals surface area (Å²) < 4.78 is 2.00. The van der Waals surface area contributed by atoms with E-state index < -0.39 is 0 Å². The topological polar surface area (TPSA) is 47.1 Å². The molecular weight excluding hydrogens is 260 g/mol. The quantitative estimate of drug-likeness (QED) is 0.935. The second-order valence-electron chi connectivity index (χ2n) is 4.81. The number of nitrogens with zero attached hydrogens (tertiary/aromatic N) is 3. The molecule has 2 rings (SSSR count). The van der Waals surface area contributed by atoms with Crippen LogP contribution in [0.1, 0.15) is 24.4 Å². The summed E-state index contributed by atoms with van der Waals surface area (Å²) in [6.45, 7) is 2.66. The summed E-state index contributed by atoms with van der Waals surface area (Å²) in [6.07, 6.45) is 3.73. The molecule has 1 aromatic heterocycles. The van der Waals surface area contributed by atoms with Gasteiger partial charge in [-0.1, -0.05) is 17.7 Å². The monoisotopic (exact) mass is 278 g/mol. The normalized spacial score (nSPS) is 12.5. The third-order valence-corrected chi connectivity index (χ3v) is 3.51. The molecule has 1 aromatic carbocycles. The second kappa shape index (κ2) is 5.63. The van der Waals surface area contributed by atoms with E-state index in [1.54, 1.807) is 6.20 Å². The van der Waals surface area contributed by atoms with Crippen LogP contribution in [-0.2, 0) is 13.6 Å². The van der Waals surface area contributed by atoms with Crippen molar-refractivity contribution in [2.75, 3.05) is 11.9 Å². The van der Waals surface area contributed by atoms with Crippen LogP contribution in [0.5, 0.6) is 0 Å². The molecule has 2 N–H and O–H groups in total. The number of hydrogen-bond donors (Lipinski definition) is 1. The van der Waals surface area contributed by atoms with E-state index in [1.807, 2.05) is 50.0 Å². The number of anilines is 1. The lowest BCUT2D eigenvalue weighted by molar-refractivity contribution is 0.761. The van der Waals surface area contributed by atoms with Crippen molar-refractivity contribution >= 4 is 17.3 Å². The molecule has 0 aliphatic carbocycles. The molecule has 0 bridgehead atoms. The van der Waals surface area contributed by atoms with Gasteiger partial charge < -0.3 is 15.2 Å². The van der Waals surface area contributed by atoms with Crippen LogP contribution in [-0.4, -0.2) is 16.6 Å². The van der Waals surface area contributed by atoms with Crippen LogP contribution in [0.25, 0.3) is 0 Å². The Morgan fingerprint density at radius 2 is 2.21 bits per heavy atom. The lowest BCUT2D eigenvalue weighted by Gasteiger charge is -2.21. The first-order chi connectivity index (χ1) is 8.99. The Kier molecular flexibility index (Phi) is 4.12. The van der Waals surface area contributed by atoms with Gasteiger partial charge in [-0.3, -0.25) is 0 Å². The Balaban J connectivity index is 2.20. The van der Waals surface area contributed by atoms with Gasteiger partial charge in [0, 0.05) is 32.5 Å². The van der Waals surface area contributed by atoms with Gasteiger partial charge in [0.1, 0.15) is 5.82 Å². The van der Waals surface area contributed by atoms with Gasteiger partial charge in [-0.2, -0.15) is 0 Å². The summed E-state index contributed by atoms with van der Waals surface area (Å²) in [5, 5.41) is 0.714. The van der Waals surface area contributed by atoms with Crippen molar-refractivity contribution in [3.63, 3.8) is 0 Å². The van der Waals surface area contributed by atoms with Gasteiger partial charge in [0.2, 0.25) is 0 Å². The van der Waals surface area contributed by atoms with E-state index in [1.165, 1.54) is 0 Å². The zero-order valence-corrected chi connectivity index (χ0v) is 12.2. The highest BCUT2D eigenvalue weighted by atomic mass is 35.5. The highest BCUT2D eigenvalue weighted by Crippen LogP contribution is 2.28. The van der Waals surface area contributed by atoms with Crippen molar-refractivity contribution in [2.24, 2.45) is 12.8 Å². The van der Waals surface area contributed by atoms with E-state index in [0.717, 1.165) is 17.1 Å². The molecule has 0 fully saturated rings. The molecule has 102 valence electrons. The maximum atomic E-state index is 6.32. The number of imidazole rings is 1. The predicted octanol–water partition coefficient (Wildman–Crippen LogP) is 2.73. The lowest BCUT2D eigenvalue weighted by Crippen LogP contribution is -2.19. The summed E-state index contributed by atoms with van der Waals surface area (Å²) in [4.78, 5) is 6.39. The maximum Gasteiger partial charge on any atom is 0.127 e. The van der Waals surface area contributed by atoms with Crippen molar-refractivity contribution in [3.05, 3.63) is 47.0 Å². The third-order valence-electron chi connectivity index (χ3n) is 3.21. The lowest BCUT2D eigenvalue weighted by atomic mass is 10.1. The minimum absolute atomic E-state index is 0.00797. The van der Waals surface area contributed by atoms with Crippen LogP contribution in [0.4, 0.5) is 5.69 Å². The first-order valence-corrected chi connectivity index (χ1v) is 6.59. The van der Waals surface area contributed by atoms with E-state index >= 15 is 0 Å². The van der Waals surface area contributed by atoms with Crippen LogP contribution in [0, 0.1) is 0 Å². The number of nitrogens with two attached hydrogens (primary N) is 1. The Labute approximate surface area is 118 Å². The molecule has 0 unspecified atom stereocenters. The van der Waals surface area contributed by atoms with Crippen LogP contribution in [0.3, 0.4) is 0 Å². The highest BCUT2D eigenvalue weighted by Gasteiger charge is 2.11. The van der Waals surface area contributed by atoms with Crippen molar-refractivity contribution in [1.82, 2.24) is 9.55 Å². The van der Waals surface area contributed by atoms with Crippen LogP contribution in [0.2, 0.25) is 5.02 Å². The summed E-state index contributed by atoms with van der Waals surface area (Å²) in [5.74, 6) is 0.995. The Bertz CT molecular complexity index is 562. The fourth-order valence-electron chi connectivity index (χ4n) is 1.96. The van der Waals surface area contributed by atoms with Crippen molar-refractivity contribution in [3.8, 4) is 0 Å². The van der Waals surface area contributed by atoms with Crippen molar-refractivity contribution in [2.45, 2.75) is 19.5 Å². The van der Waals surface area contributed by atoms with Crippen LogP contribution < -0.4 is 10.6 Å². The van der Waals surface area contributed by atoms with Gasteiger partial charge in [-0.25, -0.2) is 4.98 Å². The number of hydrogen-bond acceptors (Lipinski definition) is 3. The number of aryl methyl sites for hydroxylation is 1. The molecule has 0 radical (unpaired) electrons. The van der Waals surface area contributed by atoms with E-state index in [-0.39, 0.29) is 6.04 Å². The molecule has 1 atom stereocenters. The Morgan fingerprint density at radius 3 is 2.74 bits per heavy atom. The smallest absolute Gasteiger partial charge is 0.127 e. The highest BCUT2D eigenvalue weighted by molar-refractivity contribution is 6.33. The number of rotatable bonds is 4. The predicted molar refractivity (Wildman–Crippen MR) is 79.4 cm³/mol. The molecule has 1 heterocycles. The van der Waals surface area contributed by atoms with E-state index in [0.29, 0.717) is 11.6 Å². The van der Waals surface area contributed by atoms with E-state index in [9.17, 15) is 0 Å². The standard InChI is InChI=1S/C14H19ClN4/c1-10(16)11-4-5-13(12(15)8-11)19(3)9-14-17-6-7-18(14)2/h4-8,10H,9,16H2,1-3H3/t10-/m0/s1. The van der Waals surface area contributed by atoms with Crippen LogP contribution in [0.15, 0.2) is 30.6 Å². The van der Waals surface area contributed by atoms with Gasteiger partial charge in [-0.15, -0.1) is 0 Å². The second-order valence-corrected chi connectivity index (χ2v) is 5.22. The number of benzene rings is 1. The maximum absolute atomic E-state index is 6.32. The van der Waals surface area contributed by atoms with E-state index in [4.69, 9.17) is 17.3 Å². The fourth-order valence-corrected chi connectivity index (χ4v) is 2.30. The third kappa shape index (κ3) is 3.08. The summed E-state index contributed by atoms with van der Waals surface area (Å²) >= 11 is 6.32. The zero-order chi connectivity index (χ0) is 14.0. The van der Waals surface area contributed by atoms with Crippen molar-refractivity contribution in [1.29, 1.82) is 0 Å². The van der Waals surface area contributed by atoms with Gasteiger partial charge in [0.15, 0.2) is 0 Å². The van der Waals surface area contributed by atoms with Crippen molar-refractivity contribution < 1.29 is 0 Å². The molecule has 0 saturated heterocycles. The molecule has 0 aliphatic rings. The van der Waals surface area contributed by atoms with Gasteiger partial charge in [-0.05, 0) is 24.6 Å². The minimum atomic E-state index is -0.00797. The molecule has 0 aliphatic heterocycles. The molecule has 0 spiro atoms. The zero-order valence-electron chi connectivity index (χ0n) is 11.5. The van der Waals surface area contributed by atoms with Gasteiger partial charge in [0.05, 0.1) is 17.3 Å². The van der Waals surface area contributed by atoms with Gasteiger partial charge in [0.25, 0.3) is 0 Å².